The highest BCUT2D eigenvalue weighted by Crippen LogP contribution is 2.24. The summed E-state index contributed by atoms with van der Waals surface area (Å²) in [5.41, 5.74) is 5.73. The van der Waals surface area contributed by atoms with Crippen LogP contribution in [0.2, 0.25) is 0 Å². The number of pyridine rings is 1. The van der Waals surface area contributed by atoms with Crippen LogP contribution >= 0.6 is 0 Å². The Morgan fingerprint density at radius 1 is 0.897 bits per heavy atom. The lowest BCUT2D eigenvalue weighted by molar-refractivity contribution is 0.0827. The molecule has 148 valence electrons. The molecule has 1 heterocycles. The Hall–Kier alpha value is -3.47. The standard InChI is InChI=1S/C24H25N3O2/c1-16-5-9-19(10-6-16)20-11-21(13-22(12-20)24(29)27(3)4)23(28)26-15-18-8-7-17(2)25-14-18/h5-14H,15H2,1-4H3,(H,26,28). The highest BCUT2D eigenvalue weighted by atomic mass is 16.2. The van der Waals surface area contributed by atoms with Gasteiger partial charge in [-0.2, -0.15) is 0 Å². The first-order chi connectivity index (χ1) is 13.8. The van der Waals surface area contributed by atoms with Crippen LogP contribution in [0.3, 0.4) is 0 Å². The van der Waals surface area contributed by atoms with Gasteiger partial charge in [0.15, 0.2) is 0 Å². The molecule has 1 aromatic heterocycles. The molecule has 1 N–H and O–H groups in total. The van der Waals surface area contributed by atoms with Crippen LogP contribution in [0, 0.1) is 13.8 Å². The number of hydrogen-bond donors (Lipinski definition) is 1. The number of amides is 2. The van der Waals surface area contributed by atoms with E-state index in [-0.39, 0.29) is 11.8 Å². The van der Waals surface area contributed by atoms with Crippen LogP contribution in [0.4, 0.5) is 0 Å². The first kappa shape index (κ1) is 20.3. The lowest BCUT2D eigenvalue weighted by Gasteiger charge is -2.14. The number of nitrogens with one attached hydrogen (secondary N) is 1. The average Bonchev–Trinajstić information content (AvgIpc) is 2.72. The third-order valence-corrected chi connectivity index (χ3v) is 4.66. The largest absolute Gasteiger partial charge is 0.348 e. The lowest BCUT2D eigenvalue weighted by atomic mass is 9.98. The molecule has 0 saturated heterocycles. The van der Waals surface area contributed by atoms with Gasteiger partial charge in [-0.25, -0.2) is 0 Å². The lowest BCUT2D eigenvalue weighted by Crippen LogP contribution is -2.25. The molecule has 0 spiro atoms. The molecule has 0 radical (unpaired) electrons. The minimum absolute atomic E-state index is 0.143. The number of carbonyl (C=O) groups excluding carboxylic acids is 2. The predicted octanol–water partition coefficient (Wildman–Crippen LogP) is 4.00. The summed E-state index contributed by atoms with van der Waals surface area (Å²) in [5.74, 6) is -0.372. The summed E-state index contributed by atoms with van der Waals surface area (Å²) < 4.78 is 0. The van der Waals surface area contributed by atoms with E-state index < -0.39 is 0 Å². The molecule has 5 nitrogen and oxygen atoms in total. The maximum atomic E-state index is 12.8. The normalized spacial score (nSPS) is 10.5. The van der Waals surface area contributed by atoms with Crippen molar-refractivity contribution >= 4 is 11.8 Å². The number of benzene rings is 2. The van der Waals surface area contributed by atoms with Gasteiger partial charge in [0.1, 0.15) is 0 Å². The van der Waals surface area contributed by atoms with Gasteiger partial charge < -0.3 is 10.2 Å². The summed E-state index contributed by atoms with van der Waals surface area (Å²) >= 11 is 0. The Labute approximate surface area is 171 Å². The molecule has 0 bridgehead atoms. The minimum Gasteiger partial charge on any atom is -0.348 e. The third-order valence-electron chi connectivity index (χ3n) is 4.66. The van der Waals surface area contributed by atoms with E-state index in [9.17, 15) is 9.59 Å². The summed E-state index contributed by atoms with van der Waals surface area (Å²) in [4.78, 5) is 31.1. The van der Waals surface area contributed by atoms with Crippen LogP contribution in [0.1, 0.15) is 37.5 Å². The Morgan fingerprint density at radius 3 is 2.21 bits per heavy atom. The second kappa shape index (κ2) is 8.69. The van der Waals surface area contributed by atoms with Gasteiger partial charge in [0.2, 0.25) is 0 Å². The number of aromatic nitrogens is 1. The topological polar surface area (TPSA) is 62.3 Å². The van der Waals surface area contributed by atoms with Gasteiger partial charge in [-0.1, -0.05) is 35.9 Å². The minimum atomic E-state index is -0.229. The van der Waals surface area contributed by atoms with Crippen LogP contribution in [0.25, 0.3) is 11.1 Å². The smallest absolute Gasteiger partial charge is 0.253 e. The molecule has 2 amide bonds. The van der Waals surface area contributed by atoms with E-state index in [1.807, 2.05) is 62.4 Å². The van der Waals surface area contributed by atoms with Crippen molar-refractivity contribution in [1.29, 1.82) is 0 Å². The number of carbonyl (C=O) groups is 2. The fourth-order valence-corrected chi connectivity index (χ4v) is 2.94. The summed E-state index contributed by atoms with van der Waals surface area (Å²) in [6, 6.07) is 17.2. The third kappa shape index (κ3) is 5.08. The monoisotopic (exact) mass is 387 g/mol. The van der Waals surface area contributed by atoms with Gasteiger partial charge in [-0.15, -0.1) is 0 Å². The molecular formula is C24H25N3O2. The van der Waals surface area contributed by atoms with E-state index in [1.165, 1.54) is 4.90 Å². The molecule has 0 aliphatic carbocycles. The molecule has 0 atom stereocenters. The van der Waals surface area contributed by atoms with Gasteiger partial charge >= 0.3 is 0 Å². The van der Waals surface area contributed by atoms with Crippen LogP contribution < -0.4 is 5.32 Å². The van der Waals surface area contributed by atoms with E-state index in [0.717, 1.165) is 27.9 Å². The summed E-state index contributed by atoms with van der Waals surface area (Å²) in [6.07, 6.45) is 1.75. The zero-order valence-corrected chi connectivity index (χ0v) is 17.2. The van der Waals surface area contributed by atoms with E-state index in [2.05, 4.69) is 10.3 Å². The SMILES string of the molecule is Cc1ccc(-c2cc(C(=O)NCc3ccc(C)nc3)cc(C(=O)N(C)C)c2)cc1. The molecule has 0 aliphatic rings. The van der Waals surface area contributed by atoms with Gasteiger partial charge in [-0.3, -0.25) is 14.6 Å². The van der Waals surface area contributed by atoms with Crippen molar-refractivity contribution in [2.45, 2.75) is 20.4 Å². The number of aryl methyl sites for hydroxylation is 2. The number of rotatable bonds is 5. The Balaban J connectivity index is 1.91. The van der Waals surface area contributed by atoms with Crippen LogP contribution in [0.5, 0.6) is 0 Å². The van der Waals surface area contributed by atoms with E-state index in [4.69, 9.17) is 0 Å². The van der Waals surface area contributed by atoms with Crippen molar-refractivity contribution in [3.63, 3.8) is 0 Å². The quantitative estimate of drug-likeness (QED) is 0.720. The van der Waals surface area contributed by atoms with Crippen molar-refractivity contribution in [1.82, 2.24) is 15.2 Å². The summed E-state index contributed by atoms with van der Waals surface area (Å²) in [6.45, 7) is 4.31. The van der Waals surface area contributed by atoms with Crippen molar-refractivity contribution in [3.05, 3.63) is 88.7 Å². The van der Waals surface area contributed by atoms with Gasteiger partial charge in [0, 0.05) is 43.7 Å². The summed E-state index contributed by atoms with van der Waals surface area (Å²) in [5, 5.41) is 2.91. The van der Waals surface area contributed by atoms with Crippen LogP contribution in [-0.2, 0) is 6.54 Å². The number of hydrogen-bond acceptors (Lipinski definition) is 3. The Bertz CT molecular complexity index is 1020. The second-order valence-electron chi connectivity index (χ2n) is 7.36. The maximum Gasteiger partial charge on any atom is 0.253 e. The molecule has 29 heavy (non-hydrogen) atoms. The molecule has 0 aliphatic heterocycles. The zero-order chi connectivity index (χ0) is 21.0. The van der Waals surface area contributed by atoms with Crippen molar-refractivity contribution in [3.8, 4) is 11.1 Å². The van der Waals surface area contributed by atoms with Crippen molar-refractivity contribution in [2.75, 3.05) is 14.1 Å². The molecule has 3 aromatic rings. The van der Waals surface area contributed by atoms with E-state index in [0.29, 0.717) is 17.7 Å². The Kier molecular flexibility index (Phi) is 6.07. The predicted molar refractivity (Wildman–Crippen MR) is 115 cm³/mol. The van der Waals surface area contributed by atoms with Crippen molar-refractivity contribution in [2.24, 2.45) is 0 Å². The molecule has 0 fully saturated rings. The van der Waals surface area contributed by atoms with Gasteiger partial charge in [0.05, 0.1) is 0 Å². The molecule has 5 heteroatoms. The fraction of sp³-hybridized carbons (Fsp3) is 0.208. The van der Waals surface area contributed by atoms with Crippen molar-refractivity contribution < 1.29 is 9.59 Å². The number of nitrogens with zero attached hydrogens (tertiary/aromatic N) is 2. The molecular weight excluding hydrogens is 362 g/mol. The molecule has 3 rings (SSSR count). The first-order valence-electron chi connectivity index (χ1n) is 9.47. The van der Waals surface area contributed by atoms with E-state index >= 15 is 0 Å². The van der Waals surface area contributed by atoms with Gasteiger partial charge in [0.25, 0.3) is 11.8 Å². The highest BCUT2D eigenvalue weighted by Gasteiger charge is 2.15. The van der Waals surface area contributed by atoms with E-state index in [1.54, 1.807) is 26.4 Å². The molecule has 2 aromatic carbocycles. The fourth-order valence-electron chi connectivity index (χ4n) is 2.94. The van der Waals surface area contributed by atoms with Gasteiger partial charge in [-0.05, 0) is 54.8 Å². The maximum absolute atomic E-state index is 12.8. The molecule has 0 saturated carbocycles. The first-order valence-corrected chi connectivity index (χ1v) is 9.47. The van der Waals surface area contributed by atoms with Crippen LogP contribution in [-0.4, -0.2) is 35.8 Å². The van der Waals surface area contributed by atoms with Crippen LogP contribution in [0.15, 0.2) is 60.8 Å². The zero-order valence-electron chi connectivity index (χ0n) is 17.2. The second-order valence-corrected chi connectivity index (χ2v) is 7.36. The average molecular weight is 387 g/mol. The molecule has 0 unspecified atom stereocenters. The summed E-state index contributed by atoms with van der Waals surface area (Å²) in [7, 11) is 3.40. The Morgan fingerprint density at radius 2 is 1.59 bits per heavy atom. The highest BCUT2D eigenvalue weighted by molar-refractivity contribution is 6.01.